The number of rotatable bonds is 1. The zero-order valence-corrected chi connectivity index (χ0v) is 6.62. The van der Waals surface area contributed by atoms with Gasteiger partial charge in [-0.3, -0.25) is 4.90 Å². The molecule has 1 aromatic carbocycles. The molecule has 0 amide bonds. The van der Waals surface area contributed by atoms with Gasteiger partial charge in [0.1, 0.15) is 0 Å². The molecule has 1 aliphatic rings. The Hall–Kier alpha value is -1.02. The normalized spacial score (nSPS) is 28.5. The first-order valence-electron chi connectivity index (χ1n) is 3.83. The van der Waals surface area contributed by atoms with Crippen molar-refractivity contribution in [2.24, 2.45) is 0 Å². The van der Waals surface area contributed by atoms with Gasteiger partial charge >= 0.3 is 0 Å². The molecule has 0 saturated carbocycles. The summed E-state index contributed by atoms with van der Waals surface area (Å²) in [6, 6.07) is 8.74. The Kier molecular flexibility index (Phi) is 1.36. The van der Waals surface area contributed by atoms with Gasteiger partial charge in [-0.25, -0.2) is 0 Å². The van der Waals surface area contributed by atoms with Crippen LogP contribution in [0.3, 0.4) is 0 Å². The summed E-state index contributed by atoms with van der Waals surface area (Å²) in [5.74, 6) is 0. The van der Waals surface area contributed by atoms with E-state index in [9.17, 15) is 0 Å². The highest BCUT2D eigenvalue weighted by Crippen LogP contribution is 2.32. The highest BCUT2D eigenvalue weighted by atomic mass is 15.3. The third-order valence-electron chi connectivity index (χ3n) is 2.15. The molecule has 2 atom stereocenters. The molecule has 2 rings (SSSR count). The summed E-state index contributed by atoms with van der Waals surface area (Å²) >= 11 is 0. The van der Waals surface area contributed by atoms with Crippen LogP contribution in [0.1, 0.15) is 11.6 Å². The molecule has 1 aliphatic heterocycles. The summed E-state index contributed by atoms with van der Waals surface area (Å²) in [7, 11) is 2.12. The monoisotopic (exact) mass is 148 g/mol. The molecule has 0 spiro atoms. The topological polar surface area (TPSA) is 29.0 Å². The molecule has 0 bridgehead atoms. The fourth-order valence-corrected chi connectivity index (χ4v) is 1.35. The van der Waals surface area contributed by atoms with Crippen molar-refractivity contribution in [2.75, 3.05) is 19.3 Å². The van der Waals surface area contributed by atoms with Gasteiger partial charge in [0, 0.05) is 18.3 Å². The standard InChI is InChI=1S/C9H12N2/c1-11-6-9(11)7-3-2-4-8(10)5-7/h2-5,9H,6,10H2,1H3/t9?,11-/m0/s1. The van der Waals surface area contributed by atoms with Gasteiger partial charge in [0.25, 0.3) is 0 Å². The van der Waals surface area contributed by atoms with Crippen molar-refractivity contribution in [3.63, 3.8) is 0 Å². The van der Waals surface area contributed by atoms with Gasteiger partial charge in [-0.1, -0.05) is 12.1 Å². The predicted molar refractivity (Wildman–Crippen MR) is 46.2 cm³/mol. The lowest BCUT2D eigenvalue weighted by Gasteiger charge is -1.98. The lowest BCUT2D eigenvalue weighted by molar-refractivity contribution is 0.631. The van der Waals surface area contributed by atoms with Crippen molar-refractivity contribution in [2.45, 2.75) is 6.04 Å². The number of hydrogen-bond acceptors (Lipinski definition) is 2. The molecule has 58 valence electrons. The van der Waals surface area contributed by atoms with E-state index in [2.05, 4.69) is 18.0 Å². The molecule has 0 radical (unpaired) electrons. The smallest absolute Gasteiger partial charge is 0.0473 e. The highest BCUT2D eigenvalue weighted by Gasteiger charge is 2.30. The first-order chi connectivity index (χ1) is 5.27. The Bertz CT molecular complexity index is 270. The Balaban J connectivity index is 2.25. The Morgan fingerprint density at radius 2 is 2.27 bits per heavy atom. The van der Waals surface area contributed by atoms with Crippen LogP contribution in [0.15, 0.2) is 24.3 Å². The van der Waals surface area contributed by atoms with Crippen LogP contribution < -0.4 is 5.73 Å². The summed E-state index contributed by atoms with van der Waals surface area (Å²) < 4.78 is 0. The number of hydrogen-bond donors (Lipinski definition) is 1. The third-order valence-corrected chi connectivity index (χ3v) is 2.15. The summed E-state index contributed by atoms with van der Waals surface area (Å²) in [5, 5.41) is 0. The maximum atomic E-state index is 5.65. The fourth-order valence-electron chi connectivity index (χ4n) is 1.35. The Morgan fingerprint density at radius 3 is 2.82 bits per heavy atom. The molecule has 1 unspecified atom stereocenters. The van der Waals surface area contributed by atoms with E-state index >= 15 is 0 Å². The second-order valence-corrected chi connectivity index (χ2v) is 3.13. The zero-order valence-electron chi connectivity index (χ0n) is 6.62. The van der Waals surface area contributed by atoms with Crippen molar-refractivity contribution in [3.8, 4) is 0 Å². The van der Waals surface area contributed by atoms with Gasteiger partial charge in [0.15, 0.2) is 0 Å². The molecule has 1 heterocycles. The summed E-state index contributed by atoms with van der Waals surface area (Å²) in [6.07, 6.45) is 0. The van der Waals surface area contributed by atoms with E-state index in [1.807, 2.05) is 18.2 Å². The Labute approximate surface area is 66.6 Å². The van der Waals surface area contributed by atoms with Gasteiger partial charge in [-0.2, -0.15) is 0 Å². The first-order valence-corrected chi connectivity index (χ1v) is 3.83. The molecule has 1 aromatic rings. The van der Waals surface area contributed by atoms with Crippen LogP contribution in [0.2, 0.25) is 0 Å². The quantitative estimate of drug-likeness (QED) is 0.480. The number of benzene rings is 1. The molecular weight excluding hydrogens is 136 g/mol. The van der Waals surface area contributed by atoms with Gasteiger partial charge < -0.3 is 5.73 Å². The van der Waals surface area contributed by atoms with E-state index in [-0.39, 0.29) is 0 Å². The van der Waals surface area contributed by atoms with Crippen LogP contribution in [-0.2, 0) is 0 Å². The molecule has 1 fully saturated rings. The van der Waals surface area contributed by atoms with Crippen LogP contribution in [0.25, 0.3) is 0 Å². The van der Waals surface area contributed by atoms with E-state index in [1.54, 1.807) is 0 Å². The second-order valence-electron chi connectivity index (χ2n) is 3.13. The van der Waals surface area contributed by atoms with E-state index < -0.39 is 0 Å². The van der Waals surface area contributed by atoms with E-state index in [1.165, 1.54) is 12.1 Å². The Morgan fingerprint density at radius 1 is 1.55 bits per heavy atom. The van der Waals surface area contributed by atoms with Crippen molar-refractivity contribution in [1.82, 2.24) is 4.90 Å². The van der Waals surface area contributed by atoms with E-state index in [0.29, 0.717) is 6.04 Å². The van der Waals surface area contributed by atoms with Crippen molar-refractivity contribution in [3.05, 3.63) is 29.8 Å². The molecule has 0 aliphatic carbocycles. The molecule has 11 heavy (non-hydrogen) atoms. The van der Waals surface area contributed by atoms with Gasteiger partial charge in [0.05, 0.1) is 0 Å². The van der Waals surface area contributed by atoms with E-state index in [0.717, 1.165) is 5.69 Å². The number of likely N-dealkylation sites (N-methyl/N-ethyl adjacent to an activating group) is 1. The summed E-state index contributed by atoms with van der Waals surface area (Å²) in [5.41, 5.74) is 7.86. The third kappa shape index (κ3) is 1.21. The van der Waals surface area contributed by atoms with Crippen molar-refractivity contribution >= 4 is 5.69 Å². The van der Waals surface area contributed by atoms with Crippen LogP contribution in [0.4, 0.5) is 5.69 Å². The fraction of sp³-hybridized carbons (Fsp3) is 0.333. The largest absolute Gasteiger partial charge is 0.399 e. The number of anilines is 1. The summed E-state index contributed by atoms with van der Waals surface area (Å²) in [6.45, 7) is 1.17. The van der Waals surface area contributed by atoms with Crippen molar-refractivity contribution < 1.29 is 0 Å². The van der Waals surface area contributed by atoms with Crippen LogP contribution in [0, 0.1) is 0 Å². The van der Waals surface area contributed by atoms with Crippen LogP contribution >= 0.6 is 0 Å². The second kappa shape index (κ2) is 2.24. The highest BCUT2D eigenvalue weighted by molar-refractivity contribution is 5.42. The zero-order chi connectivity index (χ0) is 7.84. The minimum absolute atomic E-state index is 0.624. The van der Waals surface area contributed by atoms with E-state index in [4.69, 9.17) is 5.73 Å². The lowest BCUT2D eigenvalue weighted by Crippen LogP contribution is -1.90. The molecule has 0 aromatic heterocycles. The molecular formula is C9H12N2. The molecule has 2 nitrogen and oxygen atoms in total. The molecule has 2 heteroatoms. The van der Waals surface area contributed by atoms with Crippen molar-refractivity contribution in [1.29, 1.82) is 0 Å². The predicted octanol–water partition coefficient (Wildman–Crippen LogP) is 1.26. The first kappa shape index (κ1) is 6.68. The maximum Gasteiger partial charge on any atom is 0.0473 e. The summed E-state index contributed by atoms with van der Waals surface area (Å²) in [4.78, 5) is 2.29. The van der Waals surface area contributed by atoms with Gasteiger partial charge in [0.2, 0.25) is 0 Å². The number of nitrogens with zero attached hydrogens (tertiary/aromatic N) is 1. The average molecular weight is 148 g/mol. The SMILES string of the molecule is C[N@@]1CC1c1cccc(N)c1. The minimum Gasteiger partial charge on any atom is -0.399 e. The minimum atomic E-state index is 0.624. The van der Waals surface area contributed by atoms with Crippen LogP contribution in [-0.4, -0.2) is 18.5 Å². The maximum absolute atomic E-state index is 5.65. The average Bonchev–Trinajstić information content (AvgIpc) is 2.67. The van der Waals surface area contributed by atoms with Gasteiger partial charge in [-0.05, 0) is 24.7 Å². The van der Waals surface area contributed by atoms with Gasteiger partial charge in [-0.15, -0.1) is 0 Å². The molecule has 2 N–H and O–H groups in total. The number of nitrogens with two attached hydrogens (primary N) is 1. The molecule has 1 saturated heterocycles. The lowest BCUT2D eigenvalue weighted by atomic mass is 10.1. The van der Waals surface area contributed by atoms with Crippen LogP contribution in [0.5, 0.6) is 0 Å². The number of nitrogen functional groups attached to an aromatic ring is 1.